The molecule has 4 atom stereocenters. The smallest absolute Gasteiger partial charge is 0.306 e. The number of aliphatic carboxylic acids is 1. The van der Waals surface area contributed by atoms with Gasteiger partial charge in [0.2, 0.25) is 0 Å². The number of ether oxygens (including phenoxy) is 4. The molecular formula is C16H29O9-. The van der Waals surface area contributed by atoms with Crippen molar-refractivity contribution in [3.05, 3.63) is 0 Å². The SMILES string of the molecule is CC(O)COCC(COCC(C)OC(=O)CCC(=O)[O-])OCC(C)O. The third-order valence-electron chi connectivity index (χ3n) is 2.76. The van der Waals surface area contributed by atoms with E-state index in [1.165, 1.54) is 0 Å². The van der Waals surface area contributed by atoms with Crippen molar-refractivity contribution >= 4 is 11.9 Å². The Hall–Kier alpha value is -1.26. The number of esters is 1. The highest BCUT2D eigenvalue weighted by Gasteiger charge is 2.15. The molecule has 4 unspecified atom stereocenters. The lowest BCUT2D eigenvalue weighted by Crippen LogP contribution is -2.31. The Morgan fingerprint density at radius 2 is 1.44 bits per heavy atom. The molecular weight excluding hydrogens is 336 g/mol. The Bertz CT molecular complexity index is 371. The van der Waals surface area contributed by atoms with Crippen molar-refractivity contribution in [2.24, 2.45) is 0 Å². The normalized spacial score (nSPS) is 16.0. The fourth-order valence-corrected chi connectivity index (χ4v) is 1.68. The number of carbonyl (C=O) groups is 2. The van der Waals surface area contributed by atoms with E-state index in [0.29, 0.717) is 0 Å². The Kier molecular flexibility index (Phi) is 13.3. The van der Waals surface area contributed by atoms with Gasteiger partial charge in [0.25, 0.3) is 0 Å². The first-order chi connectivity index (χ1) is 11.7. The molecule has 9 heteroatoms. The van der Waals surface area contributed by atoms with Crippen LogP contribution in [0.2, 0.25) is 0 Å². The van der Waals surface area contributed by atoms with E-state index >= 15 is 0 Å². The van der Waals surface area contributed by atoms with Crippen LogP contribution in [-0.2, 0) is 28.5 Å². The number of carboxylic acid groups (broad SMARTS) is 1. The first kappa shape index (κ1) is 23.7. The fourth-order valence-electron chi connectivity index (χ4n) is 1.68. The summed E-state index contributed by atoms with van der Waals surface area (Å²) in [6.07, 6.45) is -2.87. The molecule has 0 saturated carbocycles. The molecule has 0 saturated heterocycles. The van der Waals surface area contributed by atoms with Crippen LogP contribution in [0.3, 0.4) is 0 Å². The Balaban J connectivity index is 4.07. The molecule has 0 aromatic carbocycles. The van der Waals surface area contributed by atoms with Gasteiger partial charge >= 0.3 is 5.97 Å². The van der Waals surface area contributed by atoms with Crippen LogP contribution in [0.4, 0.5) is 0 Å². The van der Waals surface area contributed by atoms with E-state index in [0.717, 1.165) is 0 Å². The van der Waals surface area contributed by atoms with Crippen LogP contribution in [0, 0.1) is 0 Å². The van der Waals surface area contributed by atoms with Crippen LogP contribution in [0.15, 0.2) is 0 Å². The van der Waals surface area contributed by atoms with Gasteiger partial charge in [-0.25, -0.2) is 0 Å². The fraction of sp³-hybridized carbons (Fsp3) is 0.875. The average molecular weight is 365 g/mol. The average Bonchev–Trinajstić information content (AvgIpc) is 2.49. The monoisotopic (exact) mass is 365 g/mol. The molecule has 0 rings (SSSR count). The van der Waals surface area contributed by atoms with Gasteiger partial charge in [-0.15, -0.1) is 0 Å². The van der Waals surface area contributed by atoms with E-state index in [-0.39, 0.29) is 45.9 Å². The molecule has 0 bridgehead atoms. The van der Waals surface area contributed by atoms with Gasteiger partial charge in [0.15, 0.2) is 0 Å². The zero-order valence-corrected chi connectivity index (χ0v) is 15.0. The van der Waals surface area contributed by atoms with Crippen molar-refractivity contribution in [2.45, 2.75) is 58.0 Å². The second-order valence-electron chi connectivity index (χ2n) is 5.90. The molecule has 9 nitrogen and oxygen atoms in total. The maximum absolute atomic E-state index is 11.4. The van der Waals surface area contributed by atoms with Crippen molar-refractivity contribution in [1.29, 1.82) is 0 Å². The predicted molar refractivity (Wildman–Crippen MR) is 84.5 cm³/mol. The van der Waals surface area contributed by atoms with Crippen molar-refractivity contribution < 1.29 is 43.9 Å². The van der Waals surface area contributed by atoms with Gasteiger partial charge in [-0.2, -0.15) is 0 Å². The van der Waals surface area contributed by atoms with E-state index in [1.54, 1.807) is 20.8 Å². The van der Waals surface area contributed by atoms with Gasteiger partial charge < -0.3 is 39.1 Å². The number of rotatable bonds is 15. The number of hydrogen-bond acceptors (Lipinski definition) is 9. The van der Waals surface area contributed by atoms with Gasteiger partial charge in [0.05, 0.1) is 51.7 Å². The first-order valence-electron chi connectivity index (χ1n) is 8.23. The third-order valence-corrected chi connectivity index (χ3v) is 2.76. The molecule has 0 spiro atoms. The Morgan fingerprint density at radius 1 is 0.880 bits per heavy atom. The van der Waals surface area contributed by atoms with Crippen LogP contribution >= 0.6 is 0 Å². The summed E-state index contributed by atoms with van der Waals surface area (Å²) in [5.41, 5.74) is 0. The molecule has 0 aliphatic carbocycles. The second-order valence-corrected chi connectivity index (χ2v) is 5.90. The summed E-state index contributed by atoms with van der Waals surface area (Å²) in [6.45, 7) is 5.49. The molecule has 0 heterocycles. The lowest BCUT2D eigenvalue weighted by atomic mass is 10.3. The molecule has 0 aromatic heterocycles. The molecule has 148 valence electrons. The number of carbonyl (C=O) groups excluding carboxylic acids is 2. The van der Waals surface area contributed by atoms with Crippen molar-refractivity contribution in [3.63, 3.8) is 0 Å². The molecule has 0 aromatic rings. The van der Waals surface area contributed by atoms with Gasteiger partial charge in [-0.05, 0) is 27.2 Å². The second kappa shape index (κ2) is 14.0. The zero-order valence-electron chi connectivity index (χ0n) is 15.0. The molecule has 0 fully saturated rings. The quantitative estimate of drug-likeness (QED) is 0.337. The molecule has 0 radical (unpaired) electrons. The topological polar surface area (TPSA) is 135 Å². The maximum atomic E-state index is 11.4. The van der Waals surface area contributed by atoms with E-state index in [2.05, 4.69) is 0 Å². The Labute approximate surface area is 147 Å². The van der Waals surface area contributed by atoms with E-state index in [1.807, 2.05) is 0 Å². The van der Waals surface area contributed by atoms with Gasteiger partial charge in [-0.3, -0.25) is 4.79 Å². The maximum Gasteiger partial charge on any atom is 0.306 e. The molecule has 0 aliphatic heterocycles. The minimum Gasteiger partial charge on any atom is -0.550 e. The van der Waals surface area contributed by atoms with Crippen LogP contribution < -0.4 is 5.11 Å². The van der Waals surface area contributed by atoms with Crippen molar-refractivity contribution in [3.8, 4) is 0 Å². The highest BCUT2D eigenvalue weighted by Crippen LogP contribution is 2.02. The van der Waals surface area contributed by atoms with Crippen LogP contribution in [0.5, 0.6) is 0 Å². The number of aliphatic hydroxyl groups excluding tert-OH is 2. The molecule has 0 aliphatic rings. The lowest BCUT2D eigenvalue weighted by molar-refractivity contribution is -0.305. The highest BCUT2D eigenvalue weighted by molar-refractivity contribution is 5.75. The van der Waals surface area contributed by atoms with Gasteiger partial charge in [-0.1, -0.05) is 0 Å². The minimum atomic E-state index is -1.31. The van der Waals surface area contributed by atoms with E-state index in [4.69, 9.17) is 24.1 Å². The summed E-state index contributed by atoms with van der Waals surface area (Å²) in [5, 5.41) is 28.7. The zero-order chi connectivity index (χ0) is 19.2. The van der Waals surface area contributed by atoms with Crippen LogP contribution in [0.25, 0.3) is 0 Å². The van der Waals surface area contributed by atoms with Crippen LogP contribution in [-0.4, -0.2) is 79.6 Å². The predicted octanol–water partition coefficient (Wildman–Crippen LogP) is -1.37. The van der Waals surface area contributed by atoms with Crippen molar-refractivity contribution in [2.75, 3.05) is 33.0 Å². The third kappa shape index (κ3) is 16.0. The summed E-state index contributed by atoms with van der Waals surface area (Å²) >= 11 is 0. The minimum absolute atomic E-state index is 0.0992. The molecule has 0 amide bonds. The largest absolute Gasteiger partial charge is 0.550 e. The van der Waals surface area contributed by atoms with E-state index < -0.39 is 36.4 Å². The molecule has 25 heavy (non-hydrogen) atoms. The van der Waals surface area contributed by atoms with Gasteiger partial charge in [0.1, 0.15) is 12.2 Å². The number of aliphatic hydroxyl groups is 2. The number of carboxylic acids is 1. The summed E-state index contributed by atoms with van der Waals surface area (Å²) in [5.74, 6) is -1.95. The van der Waals surface area contributed by atoms with Gasteiger partial charge in [0, 0.05) is 5.97 Å². The molecule has 2 N–H and O–H groups in total. The summed E-state index contributed by atoms with van der Waals surface area (Å²) in [7, 11) is 0. The summed E-state index contributed by atoms with van der Waals surface area (Å²) < 4.78 is 21.1. The standard InChI is InChI=1S/C16H30O9/c1-11(17)6-22-9-14(24-7-12(2)18)10-23-8-13(3)25-16(21)5-4-15(19)20/h11-14,17-18H,4-10H2,1-3H3,(H,19,20)/p-1. The highest BCUT2D eigenvalue weighted by atomic mass is 16.6. The van der Waals surface area contributed by atoms with Crippen LogP contribution in [0.1, 0.15) is 33.6 Å². The first-order valence-corrected chi connectivity index (χ1v) is 8.23. The Morgan fingerprint density at radius 3 is 1.96 bits per heavy atom. The summed E-state index contributed by atoms with van der Waals surface area (Å²) in [6, 6.07) is 0. The number of hydrogen-bond donors (Lipinski definition) is 2. The lowest BCUT2D eigenvalue weighted by Gasteiger charge is -2.21. The van der Waals surface area contributed by atoms with Crippen molar-refractivity contribution in [1.82, 2.24) is 0 Å². The van der Waals surface area contributed by atoms with E-state index in [9.17, 15) is 19.8 Å². The summed E-state index contributed by atoms with van der Waals surface area (Å²) in [4.78, 5) is 21.6.